The zero-order valence-electron chi connectivity index (χ0n) is 21.8. The largest absolute Gasteiger partial charge is 0.0654 e. The summed E-state index contributed by atoms with van der Waals surface area (Å²) in [5, 5.41) is 0. The molecule has 0 heterocycles. The van der Waals surface area contributed by atoms with Crippen LogP contribution in [-0.2, 0) is 12.8 Å². The van der Waals surface area contributed by atoms with E-state index in [0.29, 0.717) is 0 Å². The van der Waals surface area contributed by atoms with Gasteiger partial charge in [-0.15, -0.1) is 0 Å². The van der Waals surface area contributed by atoms with Crippen LogP contribution in [0.1, 0.15) is 102 Å². The average Bonchev–Trinajstić information content (AvgIpc) is 2.89. The summed E-state index contributed by atoms with van der Waals surface area (Å²) in [7, 11) is 0. The van der Waals surface area contributed by atoms with Gasteiger partial charge in [-0.3, -0.25) is 0 Å². The SMILES string of the molecule is CCCCCCCCc1ccc(-c2ccccc2-c2ccccc2)cc1CCCCCCCC. The molecule has 0 bridgehead atoms. The van der Waals surface area contributed by atoms with Crippen LogP contribution in [0.15, 0.2) is 72.8 Å². The number of hydrogen-bond acceptors (Lipinski definition) is 0. The second-order valence-corrected chi connectivity index (χ2v) is 9.93. The van der Waals surface area contributed by atoms with Crippen molar-refractivity contribution in [2.24, 2.45) is 0 Å². The molecule has 34 heavy (non-hydrogen) atoms. The van der Waals surface area contributed by atoms with Gasteiger partial charge in [0.05, 0.1) is 0 Å². The zero-order valence-corrected chi connectivity index (χ0v) is 21.8. The minimum atomic E-state index is 1.22. The minimum Gasteiger partial charge on any atom is -0.0654 e. The molecule has 0 fully saturated rings. The summed E-state index contributed by atoms with van der Waals surface area (Å²) >= 11 is 0. The first kappa shape index (κ1) is 26.3. The van der Waals surface area contributed by atoms with Crippen molar-refractivity contribution in [1.29, 1.82) is 0 Å². The van der Waals surface area contributed by atoms with Gasteiger partial charge in [0, 0.05) is 0 Å². The van der Waals surface area contributed by atoms with E-state index in [2.05, 4.69) is 86.6 Å². The van der Waals surface area contributed by atoms with Gasteiger partial charge in [-0.2, -0.15) is 0 Å². The summed E-state index contributed by atoms with van der Waals surface area (Å²) in [5.74, 6) is 0. The van der Waals surface area contributed by atoms with Crippen LogP contribution in [0.25, 0.3) is 22.3 Å². The van der Waals surface area contributed by atoms with E-state index in [4.69, 9.17) is 0 Å². The molecule has 3 rings (SSSR count). The molecule has 0 aliphatic heterocycles. The van der Waals surface area contributed by atoms with E-state index in [-0.39, 0.29) is 0 Å². The molecular weight excluding hydrogens is 408 g/mol. The first-order valence-electron chi connectivity index (χ1n) is 14.1. The Hall–Kier alpha value is -2.34. The van der Waals surface area contributed by atoms with Gasteiger partial charge >= 0.3 is 0 Å². The van der Waals surface area contributed by atoms with Crippen molar-refractivity contribution in [2.75, 3.05) is 0 Å². The summed E-state index contributed by atoms with van der Waals surface area (Å²) in [4.78, 5) is 0. The van der Waals surface area contributed by atoms with Crippen molar-refractivity contribution in [3.63, 3.8) is 0 Å². The van der Waals surface area contributed by atoms with Crippen LogP contribution in [0.2, 0.25) is 0 Å². The highest BCUT2D eigenvalue weighted by atomic mass is 14.1. The van der Waals surface area contributed by atoms with Crippen molar-refractivity contribution in [3.8, 4) is 22.3 Å². The number of aryl methyl sites for hydroxylation is 2. The summed E-state index contributed by atoms with van der Waals surface area (Å²) in [6.07, 6.45) is 18.8. The lowest BCUT2D eigenvalue weighted by molar-refractivity contribution is 0.599. The van der Waals surface area contributed by atoms with E-state index in [1.165, 1.54) is 112 Å². The lowest BCUT2D eigenvalue weighted by atomic mass is 9.90. The van der Waals surface area contributed by atoms with Gasteiger partial charge in [0.15, 0.2) is 0 Å². The third-order valence-corrected chi connectivity index (χ3v) is 7.13. The normalized spacial score (nSPS) is 11.1. The Balaban J connectivity index is 1.76. The van der Waals surface area contributed by atoms with Crippen molar-refractivity contribution in [1.82, 2.24) is 0 Å². The predicted octanol–water partition coefficient (Wildman–Crippen LogP) is 10.8. The summed E-state index contributed by atoms with van der Waals surface area (Å²) in [6, 6.07) is 27.1. The van der Waals surface area contributed by atoms with Gasteiger partial charge in [-0.05, 0) is 59.1 Å². The van der Waals surface area contributed by atoms with Crippen LogP contribution in [-0.4, -0.2) is 0 Å². The lowest BCUT2D eigenvalue weighted by Crippen LogP contribution is -1.97. The number of rotatable bonds is 16. The summed E-state index contributed by atoms with van der Waals surface area (Å²) in [5.41, 5.74) is 8.52. The quantitative estimate of drug-likeness (QED) is 0.189. The molecule has 0 N–H and O–H groups in total. The Bertz CT molecular complexity index is 937. The van der Waals surface area contributed by atoms with Crippen molar-refractivity contribution >= 4 is 0 Å². The first-order valence-corrected chi connectivity index (χ1v) is 14.1. The van der Waals surface area contributed by atoms with E-state index < -0.39 is 0 Å². The molecule has 0 aliphatic rings. The Morgan fingerprint density at radius 2 is 0.912 bits per heavy atom. The predicted molar refractivity (Wildman–Crippen MR) is 151 cm³/mol. The standard InChI is InChI=1S/C34H46/c1-3-5-7-9-11-14-20-29-26-27-32(28-31(29)23-15-12-10-8-6-4-2)34-25-19-18-24-33(34)30-21-16-13-17-22-30/h13,16-19,21-22,24-28H,3-12,14-15,20,23H2,1-2H3. The van der Waals surface area contributed by atoms with Crippen LogP contribution in [0, 0.1) is 0 Å². The van der Waals surface area contributed by atoms with Crippen molar-refractivity contribution in [3.05, 3.63) is 83.9 Å². The second-order valence-electron chi connectivity index (χ2n) is 9.93. The molecule has 0 saturated heterocycles. The summed E-state index contributed by atoms with van der Waals surface area (Å²) < 4.78 is 0. The van der Waals surface area contributed by atoms with Crippen LogP contribution in [0.5, 0.6) is 0 Å². The maximum absolute atomic E-state index is 2.51. The fourth-order valence-electron chi connectivity index (χ4n) is 5.07. The molecule has 3 aromatic carbocycles. The van der Waals surface area contributed by atoms with Gasteiger partial charge in [0.2, 0.25) is 0 Å². The van der Waals surface area contributed by atoms with E-state index in [0.717, 1.165) is 0 Å². The highest BCUT2D eigenvalue weighted by Crippen LogP contribution is 2.33. The third kappa shape index (κ3) is 8.46. The van der Waals surface area contributed by atoms with E-state index in [1.807, 2.05) is 0 Å². The maximum Gasteiger partial charge on any atom is -0.0105 e. The molecule has 0 saturated carbocycles. The third-order valence-electron chi connectivity index (χ3n) is 7.13. The van der Waals surface area contributed by atoms with Crippen LogP contribution < -0.4 is 0 Å². The van der Waals surface area contributed by atoms with Crippen molar-refractivity contribution in [2.45, 2.75) is 104 Å². The minimum absolute atomic E-state index is 1.22. The monoisotopic (exact) mass is 454 g/mol. The number of unbranched alkanes of at least 4 members (excludes halogenated alkanes) is 10. The molecule has 3 aromatic rings. The Morgan fingerprint density at radius 1 is 0.412 bits per heavy atom. The van der Waals surface area contributed by atoms with Gasteiger partial charge in [-0.25, -0.2) is 0 Å². The molecule has 0 unspecified atom stereocenters. The highest BCUT2D eigenvalue weighted by Gasteiger charge is 2.10. The van der Waals surface area contributed by atoms with Gasteiger partial charge in [0.1, 0.15) is 0 Å². The number of hydrogen-bond donors (Lipinski definition) is 0. The van der Waals surface area contributed by atoms with Gasteiger partial charge in [0.25, 0.3) is 0 Å². The Morgan fingerprint density at radius 3 is 1.53 bits per heavy atom. The van der Waals surface area contributed by atoms with Crippen LogP contribution >= 0.6 is 0 Å². The van der Waals surface area contributed by atoms with Crippen molar-refractivity contribution < 1.29 is 0 Å². The Labute approximate surface area is 209 Å². The molecule has 0 aliphatic carbocycles. The molecule has 0 nitrogen and oxygen atoms in total. The molecular formula is C34H46. The van der Waals surface area contributed by atoms with E-state index in [1.54, 1.807) is 11.1 Å². The molecule has 0 aromatic heterocycles. The highest BCUT2D eigenvalue weighted by molar-refractivity contribution is 5.83. The molecule has 0 radical (unpaired) electrons. The van der Waals surface area contributed by atoms with Gasteiger partial charge < -0.3 is 0 Å². The smallest absolute Gasteiger partial charge is 0.0105 e. The van der Waals surface area contributed by atoms with Crippen LogP contribution in [0.4, 0.5) is 0 Å². The zero-order chi connectivity index (χ0) is 23.8. The molecule has 182 valence electrons. The fraction of sp³-hybridized carbons (Fsp3) is 0.471. The molecule has 0 spiro atoms. The Kier molecular flexibility index (Phi) is 12.0. The average molecular weight is 455 g/mol. The summed E-state index contributed by atoms with van der Waals surface area (Å²) in [6.45, 7) is 4.60. The number of benzene rings is 3. The second kappa shape index (κ2) is 15.5. The van der Waals surface area contributed by atoms with Gasteiger partial charge in [-0.1, -0.05) is 151 Å². The van der Waals surface area contributed by atoms with Crippen LogP contribution in [0.3, 0.4) is 0 Å². The molecule has 0 heteroatoms. The van der Waals surface area contributed by atoms with E-state index in [9.17, 15) is 0 Å². The molecule has 0 amide bonds. The fourth-order valence-corrected chi connectivity index (χ4v) is 5.07. The maximum atomic E-state index is 2.51. The first-order chi connectivity index (χ1) is 16.8. The molecule has 0 atom stereocenters. The topological polar surface area (TPSA) is 0 Å². The lowest BCUT2D eigenvalue weighted by Gasteiger charge is -2.15. The van der Waals surface area contributed by atoms with E-state index >= 15 is 0 Å².